The molecule has 0 aromatic heterocycles. The van der Waals surface area contributed by atoms with Crippen LogP contribution in [0.1, 0.15) is 12.5 Å². The van der Waals surface area contributed by atoms with E-state index in [0.717, 1.165) is 19.6 Å². The van der Waals surface area contributed by atoms with Crippen molar-refractivity contribution < 1.29 is 5.11 Å². The van der Waals surface area contributed by atoms with Crippen molar-refractivity contribution in [2.75, 3.05) is 38.2 Å². The Labute approximate surface area is 110 Å². The molecule has 1 heterocycles. The number of aliphatic hydroxyl groups is 1. The van der Waals surface area contributed by atoms with Crippen LogP contribution < -0.4 is 4.90 Å². The largest absolute Gasteiger partial charge is 0.395 e. The molecule has 3 nitrogen and oxygen atoms in total. The first-order valence-corrected chi connectivity index (χ1v) is 6.73. The molecular formula is C15H24N2O. The standard InChI is InChI=1S/C15H24N2O/c1-12-8-16(3)14(11-18)10-17(9-12)15-7-5-4-6-13(15)2/h4-7,12,14,18H,8-11H2,1-3H3. The zero-order valence-electron chi connectivity index (χ0n) is 11.6. The predicted molar refractivity (Wildman–Crippen MR) is 76.1 cm³/mol. The highest BCUT2D eigenvalue weighted by Crippen LogP contribution is 2.23. The van der Waals surface area contributed by atoms with Gasteiger partial charge in [0.25, 0.3) is 0 Å². The van der Waals surface area contributed by atoms with Gasteiger partial charge >= 0.3 is 0 Å². The minimum Gasteiger partial charge on any atom is -0.395 e. The monoisotopic (exact) mass is 248 g/mol. The van der Waals surface area contributed by atoms with E-state index in [2.05, 4.69) is 55.0 Å². The van der Waals surface area contributed by atoms with E-state index in [9.17, 15) is 5.11 Å². The number of hydrogen-bond donors (Lipinski definition) is 1. The average Bonchev–Trinajstić information content (AvgIpc) is 2.48. The van der Waals surface area contributed by atoms with Gasteiger partial charge in [-0.3, -0.25) is 4.90 Å². The first-order valence-electron chi connectivity index (χ1n) is 6.73. The maximum absolute atomic E-state index is 9.54. The molecule has 1 aromatic carbocycles. The topological polar surface area (TPSA) is 26.7 Å². The minimum absolute atomic E-state index is 0.228. The molecule has 2 atom stereocenters. The van der Waals surface area contributed by atoms with Gasteiger partial charge in [-0.1, -0.05) is 25.1 Å². The smallest absolute Gasteiger partial charge is 0.0604 e. The fourth-order valence-corrected chi connectivity index (χ4v) is 2.86. The number of nitrogens with zero attached hydrogens (tertiary/aromatic N) is 2. The van der Waals surface area contributed by atoms with E-state index < -0.39 is 0 Å². The first-order chi connectivity index (χ1) is 8.61. The maximum Gasteiger partial charge on any atom is 0.0604 e. The van der Waals surface area contributed by atoms with Gasteiger partial charge in [-0.05, 0) is 31.5 Å². The van der Waals surface area contributed by atoms with Crippen LogP contribution in [0.3, 0.4) is 0 Å². The van der Waals surface area contributed by atoms with Crippen molar-refractivity contribution >= 4 is 5.69 Å². The van der Waals surface area contributed by atoms with Gasteiger partial charge in [-0.15, -0.1) is 0 Å². The summed E-state index contributed by atoms with van der Waals surface area (Å²) in [5.41, 5.74) is 2.61. The van der Waals surface area contributed by atoms with Crippen LogP contribution in [0, 0.1) is 12.8 Å². The van der Waals surface area contributed by atoms with Crippen LogP contribution in [0.25, 0.3) is 0 Å². The van der Waals surface area contributed by atoms with Crippen LogP contribution in [0.4, 0.5) is 5.69 Å². The molecule has 100 valence electrons. The fraction of sp³-hybridized carbons (Fsp3) is 0.600. The van der Waals surface area contributed by atoms with Gasteiger partial charge < -0.3 is 10.0 Å². The Balaban J connectivity index is 2.24. The Morgan fingerprint density at radius 2 is 1.94 bits per heavy atom. The van der Waals surface area contributed by atoms with Crippen LogP contribution in [-0.2, 0) is 0 Å². The number of aryl methyl sites for hydroxylation is 1. The van der Waals surface area contributed by atoms with Crippen molar-refractivity contribution in [2.45, 2.75) is 19.9 Å². The Kier molecular flexibility index (Phi) is 4.25. The lowest BCUT2D eigenvalue weighted by Gasteiger charge is -2.29. The lowest BCUT2D eigenvalue weighted by Crippen LogP contribution is -2.41. The molecule has 18 heavy (non-hydrogen) atoms. The number of aliphatic hydroxyl groups excluding tert-OH is 1. The molecule has 1 N–H and O–H groups in total. The summed E-state index contributed by atoms with van der Waals surface area (Å²) in [5, 5.41) is 9.54. The zero-order valence-corrected chi connectivity index (χ0v) is 11.6. The van der Waals surface area contributed by atoms with Crippen LogP contribution in [0.5, 0.6) is 0 Å². The first kappa shape index (κ1) is 13.4. The highest BCUT2D eigenvalue weighted by atomic mass is 16.3. The molecular weight excluding hydrogens is 224 g/mol. The van der Waals surface area contributed by atoms with Crippen molar-refractivity contribution in [1.82, 2.24) is 4.90 Å². The van der Waals surface area contributed by atoms with Crippen molar-refractivity contribution in [3.05, 3.63) is 29.8 Å². The third kappa shape index (κ3) is 2.85. The summed E-state index contributed by atoms with van der Waals surface area (Å²) in [5.74, 6) is 0.617. The Morgan fingerprint density at radius 3 is 2.61 bits per heavy atom. The van der Waals surface area contributed by atoms with Gasteiger partial charge in [-0.25, -0.2) is 0 Å². The van der Waals surface area contributed by atoms with Crippen molar-refractivity contribution in [3.8, 4) is 0 Å². The van der Waals surface area contributed by atoms with Crippen LogP contribution in [0.2, 0.25) is 0 Å². The molecule has 1 aliphatic rings. The van der Waals surface area contributed by atoms with Gasteiger partial charge in [0, 0.05) is 31.4 Å². The molecule has 2 rings (SSSR count). The van der Waals surface area contributed by atoms with Gasteiger partial charge in [-0.2, -0.15) is 0 Å². The van der Waals surface area contributed by atoms with E-state index in [4.69, 9.17) is 0 Å². The summed E-state index contributed by atoms with van der Waals surface area (Å²) >= 11 is 0. The van der Waals surface area contributed by atoms with Gasteiger partial charge in [0.1, 0.15) is 0 Å². The SMILES string of the molecule is Cc1ccccc1N1CC(C)CN(C)C(CO)C1. The number of hydrogen-bond acceptors (Lipinski definition) is 3. The molecule has 1 aliphatic heterocycles. The van der Waals surface area contributed by atoms with Crippen LogP contribution in [0.15, 0.2) is 24.3 Å². The molecule has 0 radical (unpaired) electrons. The van der Waals surface area contributed by atoms with Crippen LogP contribution in [-0.4, -0.2) is 49.3 Å². The summed E-state index contributed by atoms with van der Waals surface area (Å²) in [4.78, 5) is 4.70. The molecule has 1 aromatic rings. The zero-order chi connectivity index (χ0) is 13.1. The second kappa shape index (κ2) is 5.72. The summed E-state index contributed by atoms with van der Waals surface area (Å²) in [6.45, 7) is 7.68. The highest BCUT2D eigenvalue weighted by molar-refractivity contribution is 5.53. The molecule has 1 saturated heterocycles. The Hall–Kier alpha value is -1.06. The molecule has 3 heteroatoms. The predicted octanol–water partition coefficient (Wildman–Crippen LogP) is 1.74. The Bertz CT molecular complexity index is 394. The third-order valence-corrected chi connectivity index (χ3v) is 3.85. The molecule has 2 unspecified atom stereocenters. The number of likely N-dealkylation sites (N-methyl/N-ethyl adjacent to an activating group) is 1. The lowest BCUT2D eigenvalue weighted by atomic mass is 10.1. The highest BCUT2D eigenvalue weighted by Gasteiger charge is 2.25. The second-order valence-electron chi connectivity index (χ2n) is 5.57. The Morgan fingerprint density at radius 1 is 1.22 bits per heavy atom. The van der Waals surface area contributed by atoms with Gasteiger partial charge in [0.05, 0.1) is 6.61 Å². The van der Waals surface area contributed by atoms with Crippen molar-refractivity contribution in [3.63, 3.8) is 0 Å². The number of anilines is 1. The summed E-state index contributed by atoms with van der Waals surface area (Å²) < 4.78 is 0. The molecule has 0 amide bonds. The van der Waals surface area contributed by atoms with Crippen molar-refractivity contribution in [2.24, 2.45) is 5.92 Å². The summed E-state index contributed by atoms with van der Waals surface area (Å²) in [6.07, 6.45) is 0. The van der Waals surface area contributed by atoms with Crippen molar-refractivity contribution in [1.29, 1.82) is 0 Å². The van der Waals surface area contributed by atoms with E-state index in [1.54, 1.807) is 0 Å². The third-order valence-electron chi connectivity index (χ3n) is 3.85. The van der Waals surface area contributed by atoms with E-state index >= 15 is 0 Å². The maximum atomic E-state index is 9.54. The lowest BCUT2D eigenvalue weighted by molar-refractivity contribution is 0.151. The number of benzene rings is 1. The van der Waals surface area contributed by atoms with Crippen LogP contribution >= 0.6 is 0 Å². The fourth-order valence-electron chi connectivity index (χ4n) is 2.86. The number of para-hydroxylation sites is 1. The van der Waals surface area contributed by atoms with Gasteiger partial charge in [0.15, 0.2) is 0 Å². The number of rotatable bonds is 2. The summed E-state index contributed by atoms with van der Waals surface area (Å²) in [7, 11) is 2.11. The summed E-state index contributed by atoms with van der Waals surface area (Å²) in [6, 6.07) is 8.74. The van der Waals surface area contributed by atoms with Gasteiger partial charge in [0.2, 0.25) is 0 Å². The average molecular weight is 248 g/mol. The molecule has 0 spiro atoms. The van der Waals surface area contributed by atoms with E-state index in [0.29, 0.717) is 5.92 Å². The van der Waals surface area contributed by atoms with E-state index in [1.807, 2.05) is 0 Å². The minimum atomic E-state index is 0.228. The molecule has 1 fully saturated rings. The quantitative estimate of drug-likeness (QED) is 0.863. The second-order valence-corrected chi connectivity index (χ2v) is 5.57. The van der Waals surface area contributed by atoms with E-state index in [1.165, 1.54) is 11.3 Å². The molecule has 0 bridgehead atoms. The molecule has 0 saturated carbocycles. The molecule has 0 aliphatic carbocycles. The normalized spacial score (nSPS) is 26.1. The van der Waals surface area contributed by atoms with E-state index in [-0.39, 0.29) is 12.6 Å².